The summed E-state index contributed by atoms with van der Waals surface area (Å²) in [6, 6.07) is 6.46. The summed E-state index contributed by atoms with van der Waals surface area (Å²) in [5.41, 5.74) is 7.23. The van der Waals surface area contributed by atoms with Crippen molar-refractivity contribution >= 4 is 22.0 Å². The first-order valence-electron chi connectivity index (χ1n) is 5.47. The molecule has 3 aromatic rings. The van der Waals surface area contributed by atoms with Crippen molar-refractivity contribution in [2.75, 3.05) is 0 Å². The summed E-state index contributed by atoms with van der Waals surface area (Å²) >= 11 is 1.42. The van der Waals surface area contributed by atoms with E-state index in [0.29, 0.717) is 5.82 Å². The summed E-state index contributed by atoms with van der Waals surface area (Å²) in [4.78, 5) is 11.1. The van der Waals surface area contributed by atoms with Gasteiger partial charge in [0.2, 0.25) is 4.96 Å². The van der Waals surface area contributed by atoms with Crippen LogP contribution in [0.1, 0.15) is 5.82 Å². The number of thiazole rings is 1. The van der Waals surface area contributed by atoms with Crippen LogP contribution < -0.4 is 5.73 Å². The first-order valence-corrected chi connectivity index (χ1v) is 6.35. The van der Waals surface area contributed by atoms with Gasteiger partial charge in [0.05, 0.1) is 17.2 Å². The van der Waals surface area contributed by atoms with E-state index in [4.69, 9.17) is 5.73 Å². The Hall–Kier alpha value is -2.32. The Morgan fingerprint density at radius 1 is 1.42 bits per heavy atom. The van der Waals surface area contributed by atoms with Crippen LogP contribution in [0.15, 0.2) is 29.6 Å². The van der Waals surface area contributed by atoms with Crippen molar-refractivity contribution < 1.29 is 4.92 Å². The maximum absolute atomic E-state index is 10.8. The van der Waals surface area contributed by atoms with Crippen LogP contribution in [0.25, 0.3) is 16.2 Å². The lowest BCUT2D eigenvalue weighted by Gasteiger charge is -2.01. The van der Waals surface area contributed by atoms with Gasteiger partial charge >= 0.3 is 0 Å². The number of hydrogen-bond donors (Lipinski definition) is 1. The van der Waals surface area contributed by atoms with Gasteiger partial charge in [-0.25, -0.2) is 0 Å². The van der Waals surface area contributed by atoms with Crippen molar-refractivity contribution in [3.63, 3.8) is 0 Å². The number of fused-ring (bicyclic) bond motifs is 1. The second kappa shape index (κ2) is 4.41. The molecule has 0 saturated heterocycles. The van der Waals surface area contributed by atoms with Crippen molar-refractivity contribution in [2.24, 2.45) is 5.73 Å². The lowest BCUT2D eigenvalue weighted by atomic mass is 10.1. The van der Waals surface area contributed by atoms with E-state index in [2.05, 4.69) is 10.2 Å². The number of non-ortho nitro benzene ring substituents is 1. The number of nitro groups is 1. The molecule has 0 bridgehead atoms. The highest BCUT2D eigenvalue weighted by Gasteiger charge is 2.14. The zero-order chi connectivity index (χ0) is 13.4. The first kappa shape index (κ1) is 11.8. The third kappa shape index (κ3) is 1.86. The second-order valence-corrected chi connectivity index (χ2v) is 4.70. The fraction of sp³-hybridized carbons (Fsp3) is 0.0909. The summed E-state index contributed by atoms with van der Waals surface area (Å²) in [5, 5.41) is 20.7. The topological polar surface area (TPSA) is 99.3 Å². The Bertz CT molecular complexity index is 763. The van der Waals surface area contributed by atoms with Crippen LogP contribution >= 0.6 is 11.3 Å². The molecule has 0 aliphatic heterocycles. The van der Waals surface area contributed by atoms with Gasteiger partial charge in [0, 0.05) is 23.1 Å². The molecule has 8 heteroatoms. The number of nitrogens with zero attached hydrogens (tertiary/aromatic N) is 4. The van der Waals surface area contributed by atoms with Crippen LogP contribution in [0.5, 0.6) is 0 Å². The van der Waals surface area contributed by atoms with Gasteiger partial charge in [-0.2, -0.15) is 0 Å². The summed E-state index contributed by atoms with van der Waals surface area (Å²) in [7, 11) is 0. The number of aromatic nitrogens is 3. The maximum atomic E-state index is 10.8. The largest absolute Gasteiger partial charge is 0.324 e. The molecular weight excluding hydrogens is 266 g/mol. The number of hydrogen-bond acceptors (Lipinski definition) is 6. The lowest BCUT2D eigenvalue weighted by molar-refractivity contribution is -0.384. The van der Waals surface area contributed by atoms with Crippen LogP contribution in [-0.2, 0) is 6.54 Å². The molecule has 2 N–H and O–H groups in total. The second-order valence-electron chi connectivity index (χ2n) is 3.87. The van der Waals surface area contributed by atoms with Gasteiger partial charge in [0.15, 0.2) is 5.82 Å². The zero-order valence-corrected chi connectivity index (χ0v) is 10.5. The molecule has 1 aromatic carbocycles. The molecule has 0 aliphatic carbocycles. The molecule has 0 amide bonds. The highest BCUT2D eigenvalue weighted by Crippen LogP contribution is 2.28. The molecule has 0 spiro atoms. The van der Waals surface area contributed by atoms with Crippen LogP contribution in [0.2, 0.25) is 0 Å². The molecule has 0 radical (unpaired) electrons. The first-order chi connectivity index (χ1) is 9.20. The quantitative estimate of drug-likeness (QED) is 0.580. The third-order valence-electron chi connectivity index (χ3n) is 2.75. The molecule has 96 valence electrons. The minimum absolute atomic E-state index is 0.0548. The van der Waals surface area contributed by atoms with E-state index in [1.807, 2.05) is 15.8 Å². The smallest absolute Gasteiger partial charge is 0.270 e. The van der Waals surface area contributed by atoms with Gasteiger partial charge in [0.1, 0.15) is 0 Å². The van der Waals surface area contributed by atoms with Crippen molar-refractivity contribution in [2.45, 2.75) is 6.54 Å². The highest BCUT2D eigenvalue weighted by molar-refractivity contribution is 7.15. The van der Waals surface area contributed by atoms with E-state index < -0.39 is 4.92 Å². The highest BCUT2D eigenvalue weighted by atomic mass is 32.1. The van der Waals surface area contributed by atoms with Crippen LogP contribution in [0.4, 0.5) is 5.69 Å². The molecule has 2 heterocycles. The van der Waals surface area contributed by atoms with Crippen molar-refractivity contribution in [3.8, 4) is 11.3 Å². The molecule has 0 fully saturated rings. The molecule has 2 aromatic heterocycles. The molecule has 0 unspecified atom stereocenters. The minimum atomic E-state index is -0.414. The zero-order valence-electron chi connectivity index (χ0n) is 9.68. The van der Waals surface area contributed by atoms with Crippen molar-refractivity contribution in [1.82, 2.24) is 14.6 Å². The van der Waals surface area contributed by atoms with Crippen LogP contribution in [0.3, 0.4) is 0 Å². The monoisotopic (exact) mass is 275 g/mol. The standard InChI is InChI=1S/C11H9N5O2S/c12-5-10-13-14-11-15(10)9(6-19-11)7-2-1-3-8(4-7)16(17)18/h1-4,6H,5,12H2. The average Bonchev–Trinajstić information content (AvgIpc) is 2.99. The lowest BCUT2D eigenvalue weighted by Crippen LogP contribution is -2.03. The predicted molar refractivity (Wildman–Crippen MR) is 70.8 cm³/mol. The van der Waals surface area contributed by atoms with E-state index in [0.717, 1.165) is 16.2 Å². The third-order valence-corrected chi connectivity index (χ3v) is 3.57. The summed E-state index contributed by atoms with van der Waals surface area (Å²) in [6.07, 6.45) is 0. The minimum Gasteiger partial charge on any atom is -0.324 e. The summed E-state index contributed by atoms with van der Waals surface area (Å²) in [6.45, 7) is 0.264. The summed E-state index contributed by atoms with van der Waals surface area (Å²) < 4.78 is 1.82. The molecule has 0 atom stereocenters. The van der Waals surface area contributed by atoms with E-state index in [1.165, 1.54) is 23.5 Å². The van der Waals surface area contributed by atoms with Gasteiger partial charge in [-0.3, -0.25) is 14.5 Å². The van der Waals surface area contributed by atoms with E-state index in [-0.39, 0.29) is 12.2 Å². The van der Waals surface area contributed by atoms with Gasteiger partial charge < -0.3 is 5.73 Å². The molecule has 19 heavy (non-hydrogen) atoms. The number of nitrogens with two attached hydrogens (primary N) is 1. The SMILES string of the molecule is NCc1nnc2scc(-c3cccc([N+](=O)[O-])c3)n12. The van der Waals surface area contributed by atoms with E-state index >= 15 is 0 Å². The van der Waals surface area contributed by atoms with Crippen LogP contribution in [-0.4, -0.2) is 19.5 Å². The van der Waals surface area contributed by atoms with Crippen molar-refractivity contribution in [3.05, 3.63) is 45.6 Å². The number of benzene rings is 1. The van der Waals surface area contributed by atoms with Crippen molar-refractivity contribution in [1.29, 1.82) is 0 Å². The molecular formula is C11H9N5O2S. The van der Waals surface area contributed by atoms with Crippen LogP contribution in [0, 0.1) is 10.1 Å². The van der Waals surface area contributed by atoms with Gasteiger partial charge in [0.25, 0.3) is 5.69 Å². The summed E-state index contributed by atoms with van der Waals surface area (Å²) in [5.74, 6) is 0.637. The molecule has 7 nitrogen and oxygen atoms in total. The number of nitro benzene ring substituents is 1. The molecule has 3 rings (SSSR count). The fourth-order valence-electron chi connectivity index (χ4n) is 1.89. The van der Waals surface area contributed by atoms with E-state index in [9.17, 15) is 10.1 Å². The predicted octanol–water partition coefficient (Wildman–Crippen LogP) is 1.82. The van der Waals surface area contributed by atoms with E-state index in [1.54, 1.807) is 6.07 Å². The maximum Gasteiger partial charge on any atom is 0.270 e. The Kier molecular flexibility index (Phi) is 2.73. The normalized spacial score (nSPS) is 11.0. The fourth-order valence-corrected chi connectivity index (χ4v) is 2.74. The Balaban J connectivity index is 2.21. The molecule has 0 aliphatic rings. The Morgan fingerprint density at radius 3 is 3.00 bits per heavy atom. The van der Waals surface area contributed by atoms with Gasteiger partial charge in [-0.1, -0.05) is 12.1 Å². The molecule has 0 saturated carbocycles. The van der Waals surface area contributed by atoms with Gasteiger partial charge in [-0.15, -0.1) is 21.5 Å². The average molecular weight is 275 g/mol. The number of rotatable bonds is 3. The Morgan fingerprint density at radius 2 is 2.26 bits per heavy atom. The van der Waals surface area contributed by atoms with Gasteiger partial charge in [-0.05, 0) is 0 Å². The Labute approximate surface area is 111 Å².